The van der Waals surface area contributed by atoms with Crippen LogP contribution in [-0.4, -0.2) is 15.0 Å². The molecule has 0 aliphatic carbocycles. The summed E-state index contributed by atoms with van der Waals surface area (Å²) < 4.78 is 0. The number of anilines is 2. The molecule has 4 aromatic rings. The Balaban J connectivity index is 1.88. The van der Waals surface area contributed by atoms with E-state index in [1.165, 1.54) is 4.88 Å². The molecule has 1 N–H and O–H groups in total. The molecule has 0 saturated heterocycles. The maximum atomic E-state index is 6.18. The second-order valence-electron chi connectivity index (χ2n) is 6.01. The standard InChI is InChI=1S/C20H17ClN4S/c1-3-15-10-16-19(23-17-9-14(21)7-6-12(17)2)24-18(25-20(16)26-15)13-5-4-8-22-11-13/h4-11H,3H2,1-2H3,(H,23,24,25). The van der Waals surface area contributed by atoms with Gasteiger partial charge in [-0.1, -0.05) is 24.6 Å². The van der Waals surface area contributed by atoms with Crippen molar-refractivity contribution in [2.24, 2.45) is 0 Å². The van der Waals surface area contributed by atoms with Crippen LogP contribution in [0, 0.1) is 6.92 Å². The quantitative estimate of drug-likeness (QED) is 0.470. The molecule has 130 valence electrons. The van der Waals surface area contributed by atoms with Crippen molar-refractivity contribution in [2.45, 2.75) is 20.3 Å². The third kappa shape index (κ3) is 3.28. The average molecular weight is 381 g/mol. The molecule has 0 radical (unpaired) electrons. The first kappa shape index (κ1) is 16.9. The van der Waals surface area contributed by atoms with E-state index in [1.807, 2.05) is 37.3 Å². The molecule has 0 aliphatic heterocycles. The molecule has 6 heteroatoms. The number of benzene rings is 1. The van der Waals surface area contributed by atoms with Crippen LogP contribution >= 0.6 is 22.9 Å². The molecule has 0 spiro atoms. The van der Waals surface area contributed by atoms with E-state index < -0.39 is 0 Å². The summed E-state index contributed by atoms with van der Waals surface area (Å²) in [7, 11) is 0. The average Bonchev–Trinajstić information content (AvgIpc) is 3.09. The fourth-order valence-electron chi connectivity index (χ4n) is 2.72. The molecule has 4 rings (SSSR count). The molecule has 0 aliphatic rings. The van der Waals surface area contributed by atoms with Crippen LogP contribution in [0.3, 0.4) is 0 Å². The zero-order valence-corrected chi connectivity index (χ0v) is 16.0. The summed E-state index contributed by atoms with van der Waals surface area (Å²) in [6.07, 6.45) is 4.50. The summed E-state index contributed by atoms with van der Waals surface area (Å²) in [5.41, 5.74) is 2.95. The molecule has 3 aromatic heterocycles. The van der Waals surface area contributed by atoms with E-state index in [0.717, 1.165) is 39.3 Å². The van der Waals surface area contributed by atoms with E-state index in [0.29, 0.717) is 10.8 Å². The van der Waals surface area contributed by atoms with Gasteiger partial charge in [0.05, 0.1) is 5.39 Å². The van der Waals surface area contributed by atoms with Crippen molar-refractivity contribution in [3.05, 3.63) is 64.3 Å². The minimum atomic E-state index is 0.664. The van der Waals surface area contributed by atoms with Gasteiger partial charge >= 0.3 is 0 Å². The Kier molecular flexibility index (Phi) is 4.57. The lowest BCUT2D eigenvalue weighted by atomic mass is 10.2. The Labute approximate surface area is 160 Å². The van der Waals surface area contributed by atoms with Crippen LogP contribution in [0.15, 0.2) is 48.8 Å². The van der Waals surface area contributed by atoms with Crippen LogP contribution in [0.5, 0.6) is 0 Å². The van der Waals surface area contributed by atoms with Crippen LogP contribution in [0.2, 0.25) is 5.02 Å². The number of nitrogens with zero attached hydrogens (tertiary/aromatic N) is 3. The highest BCUT2D eigenvalue weighted by atomic mass is 35.5. The van der Waals surface area contributed by atoms with Crippen molar-refractivity contribution in [2.75, 3.05) is 5.32 Å². The van der Waals surface area contributed by atoms with Gasteiger partial charge in [0.1, 0.15) is 10.6 Å². The molecule has 0 fully saturated rings. The highest BCUT2D eigenvalue weighted by molar-refractivity contribution is 7.18. The van der Waals surface area contributed by atoms with Gasteiger partial charge < -0.3 is 5.32 Å². The lowest BCUT2D eigenvalue weighted by Gasteiger charge is -2.11. The van der Waals surface area contributed by atoms with E-state index in [1.54, 1.807) is 23.7 Å². The van der Waals surface area contributed by atoms with E-state index in [-0.39, 0.29) is 0 Å². The Morgan fingerprint density at radius 1 is 1.15 bits per heavy atom. The topological polar surface area (TPSA) is 50.7 Å². The Morgan fingerprint density at radius 3 is 2.81 bits per heavy atom. The smallest absolute Gasteiger partial charge is 0.164 e. The first-order chi connectivity index (χ1) is 12.6. The van der Waals surface area contributed by atoms with Gasteiger partial charge in [-0.05, 0) is 49.2 Å². The first-order valence-corrected chi connectivity index (χ1v) is 9.57. The minimum absolute atomic E-state index is 0.664. The Hall–Kier alpha value is -2.50. The number of fused-ring (bicyclic) bond motifs is 1. The number of hydrogen-bond donors (Lipinski definition) is 1. The molecule has 1 aromatic carbocycles. The van der Waals surface area contributed by atoms with Gasteiger partial charge in [-0.2, -0.15) is 0 Å². The predicted octanol–water partition coefficient (Wildman–Crippen LogP) is 6.02. The molecule has 26 heavy (non-hydrogen) atoms. The minimum Gasteiger partial charge on any atom is -0.339 e. The van der Waals surface area contributed by atoms with Crippen LogP contribution in [0.4, 0.5) is 11.5 Å². The second kappa shape index (κ2) is 7.02. The maximum Gasteiger partial charge on any atom is 0.164 e. The fourth-order valence-corrected chi connectivity index (χ4v) is 3.86. The van der Waals surface area contributed by atoms with Crippen molar-refractivity contribution in [1.29, 1.82) is 0 Å². The van der Waals surface area contributed by atoms with Gasteiger partial charge in [-0.3, -0.25) is 4.98 Å². The summed E-state index contributed by atoms with van der Waals surface area (Å²) in [4.78, 5) is 16.0. The van der Waals surface area contributed by atoms with Crippen LogP contribution in [-0.2, 0) is 6.42 Å². The monoisotopic (exact) mass is 380 g/mol. The lowest BCUT2D eigenvalue weighted by molar-refractivity contribution is 1.19. The number of hydrogen-bond acceptors (Lipinski definition) is 5. The van der Waals surface area contributed by atoms with Gasteiger partial charge in [0.25, 0.3) is 0 Å². The Morgan fingerprint density at radius 2 is 2.04 bits per heavy atom. The normalized spacial score (nSPS) is 11.0. The molecule has 3 heterocycles. The zero-order valence-electron chi connectivity index (χ0n) is 14.5. The zero-order chi connectivity index (χ0) is 18.1. The highest BCUT2D eigenvalue weighted by Gasteiger charge is 2.14. The SMILES string of the molecule is CCc1cc2c(Nc3cc(Cl)ccc3C)nc(-c3cccnc3)nc2s1. The van der Waals surface area contributed by atoms with Crippen molar-refractivity contribution >= 4 is 44.7 Å². The summed E-state index contributed by atoms with van der Waals surface area (Å²) in [5.74, 6) is 1.45. The largest absolute Gasteiger partial charge is 0.339 e. The van der Waals surface area contributed by atoms with Crippen molar-refractivity contribution in [1.82, 2.24) is 15.0 Å². The van der Waals surface area contributed by atoms with E-state index >= 15 is 0 Å². The number of nitrogens with one attached hydrogen (secondary N) is 1. The van der Waals surface area contributed by atoms with E-state index in [2.05, 4.69) is 23.3 Å². The van der Waals surface area contributed by atoms with Gasteiger partial charge in [-0.25, -0.2) is 9.97 Å². The molecule has 0 atom stereocenters. The maximum absolute atomic E-state index is 6.18. The lowest BCUT2D eigenvalue weighted by Crippen LogP contribution is -1.99. The van der Waals surface area contributed by atoms with Gasteiger partial charge in [0.15, 0.2) is 5.82 Å². The third-order valence-corrected chi connectivity index (χ3v) is 5.57. The molecular formula is C20H17ClN4S. The van der Waals surface area contributed by atoms with E-state index in [9.17, 15) is 0 Å². The second-order valence-corrected chi connectivity index (χ2v) is 7.56. The number of thiophene rings is 1. The summed E-state index contributed by atoms with van der Waals surface area (Å²) in [5, 5.41) is 5.17. The predicted molar refractivity (Wildman–Crippen MR) is 109 cm³/mol. The third-order valence-electron chi connectivity index (χ3n) is 4.16. The number of rotatable bonds is 4. The summed E-state index contributed by atoms with van der Waals surface area (Å²) in [6.45, 7) is 4.19. The molecule has 4 nitrogen and oxygen atoms in total. The van der Waals surface area contributed by atoms with Crippen LogP contribution in [0.1, 0.15) is 17.4 Å². The van der Waals surface area contributed by atoms with Crippen molar-refractivity contribution < 1.29 is 0 Å². The number of aryl methyl sites for hydroxylation is 2. The van der Waals surface area contributed by atoms with Gasteiger partial charge in [-0.15, -0.1) is 11.3 Å². The van der Waals surface area contributed by atoms with Gasteiger partial charge in [0, 0.05) is 33.5 Å². The van der Waals surface area contributed by atoms with Crippen molar-refractivity contribution in [3.8, 4) is 11.4 Å². The van der Waals surface area contributed by atoms with Crippen LogP contribution in [0.25, 0.3) is 21.6 Å². The number of pyridine rings is 1. The number of aromatic nitrogens is 3. The van der Waals surface area contributed by atoms with E-state index in [4.69, 9.17) is 21.6 Å². The molecule has 0 bridgehead atoms. The Bertz CT molecular complexity index is 1080. The molecule has 0 saturated carbocycles. The summed E-state index contributed by atoms with van der Waals surface area (Å²) >= 11 is 7.88. The highest BCUT2D eigenvalue weighted by Crippen LogP contribution is 2.34. The summed E-state index contributed by atoms with van der Waals surface area (Å²) in [6, 6.07) is 11.8. The molecule has 0 amide bonds. The van der Waals surface area contributed by atoms with Crippen LogP contribution < -0.4 is 5.32 Å². The van der Waals surface area contributed by atoms with Crippen molar-refractivity contribution in [3.63, 3.8) is 0 Å². The molecule has 0 unspecified atom stereocenters. The first-order valence-electron chi connectivity index (χ1n) is 8.38. The number of halogens is 1. The molecular weight excluding hydrogens is 364 g/mol. The fraction of sp³-hybridized carbons (Fsp3) is 0.150. The van der Waals surface area contributed by atoms with Gasteiger partial charge in [0.2, 0.25) is 0 Å².